The summed E-state index contributed by atoms with van der Waals surface area (Å²) in [6.07, 6.45) is 9.25. The molecule has 0 amide bonds. The summed E-state index contributed by atoms with van der Waals surface area (Å²) in [5, 5.41) is 7.85. The van der Waals surface area contributed by atoms with E-state index in [1.807, 2.05) is 0 Å². The number of hydrogen-bond acceptors (Lipinski definition) is 5. The van der Waals surface area contributed by atoms with Crippen molar-refractivity contribution >= 4 is 0 Å². The number of hydrogen-bond donors (Lipinski definition) is 1. The maximum Gasteiger partial charge on any atom is 0.231 e. The zero-order chi connectivity index (χ0) is 14.7. The van der Waals surface area contributed by atoms with Crippen LogP contribution in [0.3, 0.4) is 0 Å². The Bertz CT molecular complexity index is 452. The first kappa shape index (κ1) is 15.0. The van der Waals surface area contributed by atoms with E-state index in [0.717, 1.165) is 37.5 Å². The highest BCUT2D eigenvalue weighted by atomic mass is 16.5. The molecule has 1 N–H and O–H groups in total. The maximum atomic E-state index is 5.76. The number of aromatic nitrogens is 2. The summed E-state index contributed by atoms with van der Waals surface area (Å²) in [5.74, 6) is 1.92. The van der Waals surface area contributed by atoms with Crippen molar-refractivity contribution < 1.29 is 9.26 Å². The van der Waals surface area contributed by atoms with Gasteiger partial charge in [-0.15, -0.1) is 0 Å². The van der Waals surface area contributed by atoms with E-state index < -0.39 is 0 Å². The molecule has 1 aromatic rings. The van der Waals surface area contributed by atoms with Crippen LogP contribution in [0.4, 0.5) is 0 Å². The van der Waals surface area contributed by atoms with Gasteiger partial charge in [0.15, 0.2) is 0 Å². The van der Waals surface area contributed by atoms with Gasteiger partial charge in [0.1, 0.15) is 5.60 Å². The third-order valence-electron chi connectivity index (χ3n) is 5.20. The molecule has 0 radical (unpaired) electrons. The van der Waals surface area contributed by atoms with Gasteiger partial charge in [0.05, 0.1) is 5.92 Å². The fourth-order valence-electron chi connectivity index (χ4n) is 3.97. The summed E-state index contributed by atoms with van der Waals surface area (Å²) in [6, 6.07) is 0.471. The minimum Gasteiger partial charge on any atom is -0.370 e. The second kappa shape index (κ2) is 6.44. The third kappa shape index (κ3) is 2.86. The third-order valence-corrected chi connectivity index (χ3v) is 5.20. The predicted octanol–water partition coefficient (Wildman–Crippen LogP) is 3.12. The van der Waals surface area contributed by atoms with Gasteiger partial charge in [0.2, 0.25) is 11.7 Å². The molecule has 2 saturated carbocycles. The number of ether oxygens (including phenoxy) is 1. The molecule has 2 atom stereocenters. The average molecular weight is 293 g/mol. The molecule has 5 nitrogen and oxygen atoms in total. The Morgan fingerprint density at radius 3 is 2.71 bits per heavy atom. The molecule has 0 aromatic carbocycles. The minimum atomic E-state index is -0.301. The summed E-state index contributed by atoms with van der Waals surface area (Å²) in [5.41, 5.74) is -0.301. The van der Waals surface area contributed by atoms with E-state index in [0.29, 0.717) is 12.0 Å². The van der Waals surface area contributed by atoms with Gasteiger partial charge < -0.3 is 14.6 Å². The van der Waals surface area contributed by atoms with Crippen molar-refractivity contribution in [1.82, 2.24) is 15.5 Å². The fraction of sp³-hybridized carbons (Fsp3) is 0.875. The number of nitrogens with zero attached hydrogens (tertiary/aromatic N) is 2. The van der Waals surface area contributed by atoms with Crippen LogP contribution in [0.15, 0.2) is 4.52 Å². The van der Waals surface area contributed by atoms with E-state index in [4.69, 9.17) is 14.2 Å². The van der Waals surface area contributed by atoms with E-state index in [2.05, 4.69) is 17.4 Å². The molecule has 2 aliphatic carbocycles. The predicted molar refractivity (Wildman–Crippen MR) is 80.1 cm³/mol. The summed E-state index contributed by atoms with van der Waals surface area (Å²) in [6.45, 7) is 3.15. The molecule has 2 fully saturated rings. The van der Waals surface area contributed by atoms with Gasteiger partial charge in [-0.25, -0.2) is 0 Å². The first-order chi connectivity index (χ1) is 10.3. The van der Waals surface area contributed by atoms with Gasteiger partial charge in [-0.2, -0.15) is 4.98 Å². The van der Waals surface area contributed by atoms with Crippen LogP contribution in [0.25, 0.3) is 0 Å². The second-order valence-corrected chi connectivity index (χ2v) is 6.42. The lowest BCUT2D eigenvalue weighted by molar-refractivity contribution is -0.0178. The van der Waals surface area contributed by atoms with E-state index in [1.54, 1.807) is 7.11 Å². The Labute approximate surface area is 126 Å². The molecule has 3 rings (SSSR count). The second-order valence-electron chi connectivity index (χ2n) is 6.42. The molecule has 118 valence electrons. The first-order valence-electron chi connectivity index (χ1n) is 8.41. The Balaban J connectivity index is 1.80. The molecule has 1 aromatic heterocycles. The average Bonchev–Trinajstić information content (AvgIpc) is 3.18. The SMILES string of the molecule is CCNC1CCCCC1c1nc(C2(OC)CCCC2)no1. The molecule has 2 unspecified atom stereocenters. The minimum absolute atomic E-state index is 0.301. The van der Waals surface area contributed by atoms with Gasteiger partial charge >= 0.3 is 0 Å². The Morgan fingerprint density at radius 1 is 1.24 bits per heavy atom. The van der Waals surface area contributed by atoms with Crippen molar-refractivity contribution in [2.24, 2.45) is 0 Å². The summed E-state index contributed by atoms with van der Waals surface area (Å²) in [4.78, 5) is 4.75. The molecule has 0 saturated heterocycles. The standard InChI is InChI=1S/C16H27N3O2/c1-3-17-13-9-5-4-8-12(13)14-18-15(19-21-14)16(20-2)10-6-7-11-16/h12-13,17H,3-11H2,1-2H3. The van der Waals surface area contributed by atoms with Crippen LogP contribution in [0.2, 0.25) is 0 Å². The van der Waals surface area contributed by atoms with Crippen molar-refractivity contribution in [3.05, 3.63) is 11.7 Å². The molecule has 0 bridgehead atoms. The van der Waals surface area contributed by atoms with E-state index in [1.165, 1.54) is 32.1 Å². The molecule has 1 heterocycles. The van der Waals surface area contributed by atoms with Crippen LogP contribution in [0, 0.1) is 0 Å². The summed E-state index contributed by atoms with van der Waals surface area (Å²) in [7, 11) is 1.77. The zero-order valence-electron chi connectivity index (χ0n) is 13.2. The molecule has 5 heteroatoms. The Kier molecular flexibility index (Phi) is 4.60. The van der Waals surface area contributed by atoms with Gasteiger partial charge in [-0.05, 0) is 45.1 Å². The van der Waals surface area contributed by atoms with Crippen LogP contribution < -0.4 is 5.32 Å². The van der Waals surface area contributed by atoms with Crippen LogP contribution in [0.5, 0.6) is 0 Å². The molecular formula is C16H27N3O2. The van der Waals surface area contributed by atoms with Crippen LogP contribution >= 0.6 is 0 Å². The van der Waals surface area contributed by atoms with Crippen molar-refractivity contribution in [2.75, 3.05) is 13.7 Å². The zero-order valence-corrected chi connectivity index (χ0v) is 13.2. The van der Waals surface area contributed by atoms with Gasteiger partial charge in [0.25, 0.3) is 0 Å². The lowest BCUT2D eigenvalue weighted by Gasteiger charge is -2.29. The van der Waals surface area contributed by atoms with Crippen LogP contribution in [-0.2, 0) is 10.3 Å². The van der Waals surface area contributed by atoms with E-state index >= 15 is 0 Å². The highest BCUT2D eigenvalue weighted by Gasteiger charge is 2.41. The van der Waals surface area contributed by atoms with Crippen molar-refractivity contribution in [3.8, 4) is 0 Å². The largest absolute Gasteiger partial charge is 0.370 e. The Morgan fingerprint density at radius 2 is 2.00 bits per heavy atom. The lowest BCUT2D eigenvalue weighted by atomic mass is 9.84. The monoisotopic (exact) mass is 293 g/mol. The molecular weight excluding hydrogens is 266 g/mol. The highest BCUT2D eigenvalue weighted by molar-refractivity contribution is 5.08. The molecule has 0 aliphatic heterocycles. The number of methoxy groups -OCH3 is 1. The maximum absolute atomic E-state index is 5.76. The number of nitrogens with one attached hydrogen (secondary N) is 1. The lowest BCUT2D eigenvalue weighted by Crippen LogP contribution is -2.37. The van der Waals surface area contributed by atoms with Crippen LogP contribution in [0.1, 0.15) is 75.9 Å². The summed E-state index contributed by atoms with van der Waals surface area (Å²) < 4.78 is 11.4. The normalized spacial score (nSPS) is 28.9. The smallest absolute Gasteiger partial charge is 0.231 e. The molecule has 2 aliphatic rings. The fourth-order valence-corrected chi connectivity index (χ4v) is 3.97. The number of rotatable bonds is 5. The Hall–Kier alpha value is -0.940. The van der Waals surface area contributed by atoms with Crippen LogP contribution in [-0.4, -0.2) is 29.8 Å². The van der Waals surface area contributed by atoms with Crippen molar-refractivity contribution in [2.45, 2.75) is 75.9 Å². The first-order valence-corrected chi connectivity index (χ1v) is 8.41. The highest BCUT2D eigenvalue weighted by Crippen LogP contribution is 2.41. The number of likely N-dealkylation sites (N-methyl/N-ethyl adjacent to an activating group) is 1. The van der Waals surface area contributed by atoms with E-state index in [9.17, 15) is 0 Å². The van der Waals surface area contributed by atoms with Gasteiger partial charge in [0, 0.05) is 13.2 Å². The van der Waals surface area contributed by atoms with E-state index in [-0.39, 0.29) is 5.60 Å². The van der Waals surface area contributed by atoms with Crippen molar-refractivity contribution in [1.29, 1.82) is 0 Å². The quantitative estimate of drug-likeness (QED) is 0.904. The topological polar surface area (TPSA) is 60.2 Å². The molecule has 0 spiro atoms. The van der Waals surface area contributed by atoms with Gasteiger partial charge in [-0.3, -0.25) is 0 Å². The van der Waals surface area contributed by atoms with Crippen molar-refractivity contribution in [3.63, 3.8) is 0 Å². The summed E-state index contributed by atoms with van der Waals surface area (Å²) >= 11 is 0. The van der Waals surface area contributed by atoms with Gasteiger partial charge in [-0.1, -0.05) is 24.9 Å². The molecule has 21 heavy (non-hydrogen) atoms.